The van der Waals surface area contributed by atoms with Crippen molar-refractivity contribution >= 4 is 21.4 Å². The third kappa shape index (κ3) is 3.37. The lowest BCUT2D eigenvalue weighted by atomic mass is 10.3. The van der Waals surface area contributed by atoms with Crippen LogP contribution >= 0.6 is 0 Å². The molecule has 0 atom stereocenters. The lowest BCUT2D eigenvalue weighted by molar-refractivity contribution is 0.581. The Balaban J connectivity index is 2.31. The van der Waals surface area contributed by atoms with Gasteiger partial charge in [0, 0.05) is 19.8 Å². The Hall–Kier alpha value is -1.86. The van der Waals surface area contributed by atoms with Gasteiger partial charge in [-0.25, -0.2) is 13.1 Å². The van der Waals surface area contributed by atoms with Crippen LogP contribution < -0.4 is 10.0 Å². The van der Waals surface area contributed by atoms with E-state index in [4.69, 9.17) is 0 Å². The van der Waals surface area contributed by atoms with Crippen LogP contribution in [-0.4, -0.2) is 24.7 Å². The van der Waals surface area contributed by atoms with E-state index in [1.165, 1.54) is 0 Å². The summed E-state index contributed by atoms with van der Waals surface area (Å²) in [4.78, 5) is 0.234. The molecule has 1 aromatic heterocycles. The Morgan fingerprint density at radius 3 is 2.70 bits per heavy atom. The van der Waals surface area contributed by atoms with Gasteiger partial charge in [-0.05, 0) is 18.6 Å². The predicted molar refractivity (Wildman–Crippen MR) is 78.4 cm³/mol. The summed E-state index contributed by atoms with van der Waals surface area (Å²) in [7, 11) is -1.70. The van der Waals surface area contributed by atoms with Crippen LogP contribution in [0.2, 0.25) is 0 Å². The molecule has 7 heteroatoms. The minimum atomic E-state index is -3.51. The van der Waals surface area contributed by atoms with Crippen molar-refractivity contribution < 1.29 is 8.42 Å². The lowest BCUT2D eigenvalue weighted by Crippen LogP contribution is -2.25. The summed E-state index contributed by atoms with van der Waals surface area (Å²) in [5.74, 6) is 0. The number of hydrogen-bond donors (Lipinski definition) is 2. The topological polar surface area (TPSA) is 76.0 Å². The minimum absolute atomic E-state index is 0.234. The number of benzene rings is 1. The molecule has 2 aromatic rings. The van der Waals surface area contributed by atoms with Crippen molar-refractivity contribution in [1.82, 2.24) is 14.5 Å². The zero-order valence-corrected chi connectivity index (χ0v) is 12.3. The molecule has 108 valence electrons. The van der Waals surface area contributed by atoms with Gasteiger partial charge in [0.1, 0.15) is 4.90 Å². The first-order chi connectivity index (χ1) is 9.53. The monoisotopic (exact) mass is 294 g/mol. The van der Waals surface area contributed by atoms with Gasteiger partial charge < -0.3 is 5.32 Å². The van der Waals surface area contributed by atoms with Crippen molar-refractivity contribution in [2.24, 2.45) is 7.05 Å². The number of nitrogens with one attached hydrogen (secondary N) is 2. The summed E-state index contributed by atoms with van der Waals surface area (Å²) in [6.45, 7) is 2.34. The molecule has 0 unspecified atom stereocenters. The van der Waals surface area contributed by atoms with E-state index < -0.39 is 10.0 Å². The van der Waals surface area contributed by atoms with Crippen LogP contribution in [0.15, 0.2) is 41.6 Å². The molecule has 20 heavy (non-hydrogen) atoms. The third-order valence-electron chi connectivity index (χ3n) is 2.70. The Labute approximate surface area is 118 Å². The van der Waals surface area contributed by atoms with Crippen LogP contribution in [0.25, 0.3) is 0 Å². The molecule has 0 bridgehead atoms. The van der Waals surface area contributed by atoms with Crippen LogP contribution in [0.4, 0.5) is 11.4 Å². The van der Waals surface area contributed by atoms with E-state index in [9.17, 15) is 8.42 Å². The molecule has 0 fully saturated rings. The maximum absolute atomic E-state index is 12.2. The van der Waals surface area contributed by atoms with Crippen LogP contribution in [0.5, 0.6) is 0 Å². The van der Waals surface area contributed by atoms with Crippen molar-refractivity contribution in [1.29, 1.82) is 0 Å². The summed E-state index contributed by atoms with van der Waals surface area (Å²) in [6, 6.07) is 6.80. The number of nitrogens with zero attached hydrogens (tertiary/aromatic N) is 2. The Morgan fingerprint density at radius 2 is 2.05 bits per heavy atom. The van der Waals surface area contributed by atoms with E-state index in [0.29, 0.717) is 12.2 Å². The molecule has 6 nitrogen and oxygen atoms in total. The first kappa shape index (κ1) is 14.5. The number of sulfonamides is 1. The molecule has 0 aliphatic carbocycles. The molecule has 0 saturated heterocycles. The summed E-state index contributed by atoms with van der Waals surface area (Å²) >= 11 is 0. The summed E-state index contributed by atoms with van der Waals surface area (Å²) in [5, 5.41) is 7.12. The van der Waals surface area contributed by atoms with Gasteiger partial charge in [-0.2, -0.15) is 5.10 Å². The van der Waals surface area contributed by atoms with Crippen LogP contribution in [0, 0.1) is 0 Å². The second-order valence-electron chi connectivity index (χ2n) is 4.42. The quantitative estimate of drug-likeness (QED) is 0.852. The zero-order valence-electron chi connectivity index (χ0n) is 11.5. The number of aromatic nitrogens is 2. The summed E-state index contributed by atoms with van der Waals surface area (Å²) in [6.07, 6.45) is 4.17. The fourth-order valence-corrected chi connectivity index (χ4v) is 3.05. The van der Waals surface area contributed by atoms with Crippen molar-refractivity contribution in [3.8, 4) is 0 Å². The highest BCUT2D eigenvalue weighted by atomic mass is 32.2. The largest absolute Gasteiger partial charge is 0.352 e. The number of rotatable bonds is 6. The van der Waals surface area contributed by atoms with Crippen molar-refractivity contribution in [3.63, 3.8) is 0 Å². The summed E-state index contributed by atoms with van der Waals surface area (Å²) < 4.78 is 28.7. The minimum Gasteiger partial charge on any atom is -0.352 e. The van der Waals surface area contributed by atoms with Gasteiger partial charge in [0.05, 0.1) is 17.6 Å². The van der Waals surface area contributed by atoms with Crippen LogP contribution in [-0.2, 0) is 17.1 Å². The maximum atomic E-state index is 12.2. The standard InChI is InChI=1S/C13H18N4O2S/c1-3-8-15-20(18,19)13-7-5-4-6-12(13)16-11-9-14-17(2)10-11/h4-7,9-10,15-16H,3,8H2,1-2H3. The van der Waals surface area contributed by atoms with Gasteiger partial charge in [-0.3, -0.25) is 4.68 Å². The SMILES string of the molecule is CCCNS(=O)(=O)c1ccccc1Nc1cnn(C)c1. The molecule has 2 rings (SSSR count). The van der Waals surface area contributed by atoms with Crippen molar-refractivity contribution in [2.45, 2.75) is 18.2 Å². The van der Waals surface area contributed by atoms with Gasteiger partial charge in [0.2, 0.25) is 10.0 Å². The molecule has 0 aliphatic rings. The number of para-hydroxylation sites is 1. The zero-order chi connectivity index (χ0) is 14.6. The van der Waals surface area contributed by atoms with E-state index in [1.54, 1.807) is 48.4 Å². The smallest absolute Gasteiger partial charge is 0.242 e. The Kier molecular flexibility index (Phi) is 4.41. The average molecular weight is 294 g/mol. The van der Waals surface area contributed by atoms with Gasteiger partial charge in [-0.1, -0.05) is 19.1 Å². The lowest BCUT2D eigenvalue weighted by Gasteiger charge is -2.11. The fourth-order valence-electron chi connectivity index (χ4n) is 1.76. The van der Waals surface area contributed by atoms with E-state index >= 15 is 0 Å². The Morgan fingerprint density at radius 1 is 1.30 bits per heavy atom. The van der Waals surface area contributed by atoms with Crippen LogP contribution in [0.3, 0.4) is 0 Å². The van der Waals surface area contributed by atoms with Crippen molar-refractivity contribution in [3.05, 3.63) is 36.7 Å². The first-order valence-electron chi connectivity index (χ1n) is 6.37. The molecular weight excluding hydrogens is 276 g/mol. The second kappa shape index (κ2) is 6.06. The molecule has 1 heterocycles. The second-order valence-corrected chi connectivity index (χ2v) is 6.16. The fraction of sp³-hybridized carbons (Fsp3) is 0.308. The predicted octanol–water partition coefficient (Wildman–Crippen LogP) is 1.85. The van der Waals surface area contributed by atoms with Crippen LogP contribution in [0.1, 0.15) is 13.3 Å². The molecule has 2 N–H and O–H groups in total. The van der Waals surface area contributed by atoms with E-state index in [1.807, 2.05) is 6.92 Å². The highest BCUT2D eigenvalue weighted by Crippen LogP contribution is 2.24. The Bertz CT molecular complexity index is 679. The number of hydrogen-bond acceptors (Lipinski definition) is 4. The van der Waals surface area contributed by atoms with E-state index in [-0.39, 0.29) is 4.90 Å². The third-order valence-corrected chi connectivity index (χ3v) is 4.22. The normalized spacial score (nSPS) is 11.5. The molecule has 0 aliphatic heterocycles. The molecule has 1 aromatic carbocycles. The molecule has 0 amide bonds. The summed E-state index contributed by atoms with van der Waals surface area (Å²) in [5.41, 5.74) is 1.27. The van der Waals surface area contributed by atoms with Crippen molar-refractivity contribution in [2.75, 3.05) is 11.9 Å². The number of aryl methyl sites for hydroxylation is 1. The molecular formula is C13H18N4O2S. The van der Waals surface area contributed by atoms with Gasteiger partial charge >= 0.3 is 0 Å². The number of anilines is 2. The highest BCUT2D eigenvalue weighted by Gasteiger charge is 2.17. The molecule has 0 radical (unpaired) electrons. The van der Waals surface area contributed by atoms with Gasteiger partial charge in [0.25, 0.3) is 0 Å². The first-order valence-corrected chi connectivity index (χ1v) is 7.85. The molecule has 0 saturated carbocycles. The molecule has 0 spiro atoms. The average Bonchev–Trinajstić information content (AvgIpc) is 2.82. The van der Waals surface area contributed by atoms with Gasteiger partial charge in [-0.15, -0.1) is 0 Å². The highest BCUT2D eigenvalue weighted by molar-refractivity contribution is 7.89. The van der Waals surface area contributed by atoms with E-state index in [0.717, 1.165) is 12.1 Å². The maximum Gasteiger partial charge on any atom is 0.242 e. The van der Waals surface area contributed by atoms with E-state index in [2.05, 4.69) is 15.1 Å². The van der Waals surface area contributed by atoms with Gasteiger partial charge in [0.15, 0.2) is 0 Å².